The summed E-state index contributed by atoms with van der Waals surface area (Å²) in [5.41, 5.74) is 5.11. The first-order valence-corrected chi connectivity index (χ1v) is 11.6. The highest BCUT2D eigenvalue weighted by Gasteiger charge is 2.35. The van der Waals surface area contributed by atoms with E-state index in [0.29, 0.717) is 6.04 Å². The summed E-state index contributed by atoms with van der Waals surface area (Å²) in [5.74, 6) is 0.868. The third-order valence-electron chi connectivity index (χ3n) is 6.75. The maximum atomic E-state index is 4.55. The van der Waals surface area contributed by atoms with Crippen LogP contribution in [0.5, 0.6) is 0 Å². The molecule has 170 valence electrons. The molecule has 0 spiro atoms. The zero-order valence-electron chi connectivity index (χ0n) is 20.1. The molecule has 0 saturated heterocycles. The van der Waals surface area contributed by atoms with Crippen LogP contribution in [0, 0.1) is 13.8 Å². The number of aromatic nitrogens is 2. The second-order valence-electron chi connectivity index (χ2n) is 9.21. The number of rotatable bonds is 8. The standard InChI is InChI=1S/C25H40N6/c1-18(16-23-20(3)30-31(6)21(23)4)28-24(26-5)27-17-25(14-10-11-15-25)29-19(2)22-12-8-7-9-13-22/h7-9,12-13,18-19,29H,10-11,14-17H2,1-6H3,(H2,26,27,28). The summed E-state index contributed by atoms with van der Waals surface area (Å²) in [6, 6.07) is 11.3. The molecule has 1 aromatic carbocycles. The molecule has 1 aliphatic rings. The quantitative estimate of drug-likeness (QED) is 0.445. The first-order chi connectivity index (χ1) is 14.8. The number of nitrogens with zero attached hydrogens (tertiary/aromatic N) is 3. The zero-order valence-corrected chi connectivity index (χ0v) is 20.1. The number of hydrogen-bond donors (Lipinski definition) is 3. The van der Waals surface area contributed by atoms with E-state index in [1.165, 1.54) is 42.5 Å². The maximum Gasteiger partial charge on any atom is 0.191 e. The molecule has 0 aliphatic heterocycles. The fourth-order valence-electron chi connectivity index (χ4n) is 4.86. The van der Waals surface area contributed by atoms with Gasteiger partial charge in [0.15, 0.2) is 5.96 Å². The van der Waals surface area contributed by atoms with Gasteiger partial charge in [-0.15, -0.1) is 0 Å². The van der Waals surface area contributed by atoms with Crippen molar-refractivity contribution in [2.24, 2.45) is 12.0 Å². The molecule has 0 bridgehead atoms. The second kappa shape index (κ2) is 10.3. The van der Waals surface area contributed by atoms with E-state index in [1.807, 2.05) is 18.8 Å². The van der Waals surface area contributed by atoms with Gasteiger partial charge in [0.2, 0.25) is 0 Å². The topological polar surface area (TPSA) is 66.3 Å². The fourth-order valence-corrected chi connectivity index (χ4v) is 4.86. The van der Waals surface area contributed by atoms with E-state index < -0.39 is 0 Å². The van der Waals surface area contributed by atoms with Gasteiger partial charge in [-0.3, -0.25) is 9.67 Å². The highest BCUT2D eigenvalue weighted by molar-refractivity contribution is 5.80. The monoisotopic (exact) mass is 424 g/mol. The molecule has 31 heavy (non-hydrogen) atoms. The van der Waals surface area contributed by atoms with Crippen molar-refractivity contribution in [1.82, 2.24) is 25.7 Å². The highest BCUT2D eigenvalue weighted by Crippen LogP contribution is 2.31. The van der Waals surface area contributed by atoms with Crippen LogP contribution in [0.1, 0.15) is 68.1 Å². The van der Waals surface area contributed by atoms with Crippen LogP contribution < -0.4 is 16.0 Å². The van der Waals surface area contributed by atoms with Gasteiger partial charge in [0.25, 0.3) is 0 Å². The van der Waals surface area contributed by atoms with Crippen LogP contribution in [0.4, 0.5) is 0 Å². The molecule has 1 aliphatic carbocycles. The Morgan fingerprint density at radius 3 is 2.42 bits per heavy atom. The van der Waals surface area contributed by atoms with Crippen molar-refractivity contribution in [3.8, 4) is 0 Å². The summed E-state index contributed by atoms with van der Waals surface area (Å²) in [5, 5.41) is 15.7. The van der Waals surface area contributed by atoms with Gasteiger partial charge in [0, 0.05) is 44.0 Å². The lowest BCUT2D eigenvalue weighted by Crippen LogP contribution is -2.55. The highest BCUT2D eigenvalue weighted by atomic mass is 15.3. The van der Waals surface area contributed by atoms with Gasteiger partial charge in [0.1, 0.15) is 0 Å². The molecule has 2 unspecified atom stereocenters. The van der Waals surface area contributed by atoms with Crippen molar-refractivity contribution in [3.05, 3.63) is 52.8 Å². The summed E-state index contributed by atoms with van der Waals surface area (Å²) in [7, 11) is 3.86. The summed E-state index contributed by atoms with van der Waals surface area (Å²) in [4.78, 5) is 4.49. The summed E-state index contributed by atoms with van der Waals surface area (Å²) in [6.45, 7) is 9.58. The molecule has 6 heteroatoms. The molecular formula is C25H40N6. The SMILES string of the molecule is CN=C(NCC1(NC(C)c2ccccc2)CCCC1)NC(C)Cc1c(C)nn(C)c1C. The Bertz CT molecular complexity index is 864. The minimum atomic E-state index is 0.104. The molecule has 3 rings (SSSR count). The van der Waals surface area contributed by atoms with Gasteiger partial charge in [-0.2, -0.15) is 5.10 Å². The lowest BCUT2D eigenvalue weighted by Gasteiger charge is -2.35. The molecule has 3 N–H and O–H groups in total. The van der Waals surface area contributed by atoms with Crippen molar-refractivity contribution in [2.75, 3.05) is 13.6 Å². The largest absolute Gasteiger partial charge is 0.355 e. The van der Waals surface area contributed by atoms with Gasteiger partial charge in [-0.1, -0.05) is 43.2 Å². The number of aliphatic imine (C=N–C) groups is 1. The molecule has 2 aromatic rings. The third-order valence-corrected chi connectivity index (χ3v) is 6.75. The first-order valence-electron chi connectivity index (χ1n) is 11.6. The lowest BCUT2D eigenvalue weighted by molar-refractivity contribution is 0.296. The molecular weight excluding hydrogens is 384 g/mol. The molecule has 1 fully saturated rings. The molecule has 1 heterocycles. The molecule has 6 nitrogen and oxygen atoms in total. The number of guanidine groups is 1. The van der Waals surface area contributed by atoms with Crippen LogP contribution in [-0.2, 0) is 13.5 Å². The Morgan fingerprint density at radius 1 is 1.16 bits per heavy atom. The predicted octanol–water partition coefficient (Wildman–Crippen LogP) is 3.80. The van der Waals surface area contributed by atoms with E-state index in [-0.39, 0.29) is 11.6 Å². The Labute approximate surface area is 187 Å². The summed E-state index contributed by atoms with van der Waals surface area (Å²) >= 11 is 0. The van der Waals surface area contributed by atoms with Crippen molar-refractivity contribution >= 4 is 5.96 Å². The zero-order chi connectivity index (χ0) is 22.4. The van der Waals surface area contributed by atoms with Crippen molar-refractivity contribution < 1.29 is 0 Å². The first kappa shape index (κ1) is 23.3. The smallest absolute Gasteiger partial charge is 0.191 e. The third kappa shape index (κ3) is 5.88. The summed E-state index contributed by atoms with van der Waals surface area (Å²) < 4.78 is 1.97. The van der Waals surface area contributed by atoms with Crippen LogP contribution in [0.25, 0.3) is 0 Å². The van der Waals surface area contributed by atoms with Crippen molar-refractivity contribution in [1.29, 1.82) is 0 Å². The Hall–Kier alpha value is -2.34. The molecule has 1 saturated carbocycles. The van der Waals surface area contributed by atoms with E-state index in [4.69, 9.17) is 0 Å². The van der Waals surface area contributed by atoms with Crippen molar-refractivity contribution in [2.45, 2.75) is 77.4 Å². The Balaban J connectivity index is 1.58. The van der Waals surface area contributed by atoms with Gasteiger partial charge >= 0.3 is 0 Å². The van der Waals surface area contributed by atoms with Crippen LogP contribution in [0.2, 0.25) is 0 Å². The fraction of sp³-hybridized carbons (Fsp3) is 0.600. The Kier molecular flexibility index (Phi) is 7.76. The van der Waals surface area contributed by atoms with Gasteiger partial charge in [-0.05, 0) is 58.1 Å². The number of hydrogen-bond acceptors (Lipinski definition) is 3. The van der Waals surface area contributed by atoms with Crippen LogP contribution in [-0.4, -0.2) is 40.9 Å². The number of aryl methyl sites for hydroxylation is 2. The second-order valence-corrected chi connectivity index (χ2v) is 9.21. The normalized spacial score (nSPS) is 18.1. The summed E-state index contributed by atoms with van der Waals surface area (Å²) in [6.07, 6.45) is 5.87. The van der Waals surface area contributed by atoms with Gasteiger partial charge < -0.3 is 16.0 Å². The van der Waals surface area contributed by atoms with E-state index >= 15 is 0 Å². The number of nitrogens with one attached hydrogen (secondary N) is 3. The molecule has 2 atom stereocenters. The molecule has 0 amide bonds. The van der Waals surface area contributed by atoms with E-state index in [0.717, 1.165) is 24.6 Å². The predicted molar refractivity (Wildman–Crippen MR) is 130 cm³/mol. The minimum Gasteiger partial charge on any atom is -0.355 e. The van der Waals surface area contributed by atoms with Crippen LogP contribution >= 0.6 is 0 Å². The van der Waals surface area contributed by atoms with E-state index in [1.54, 1.807) is 0 Å². The Morgan fingerprint density at radius 2 is 1.84 bits per heavy atom. The maximum absolute atomic E-state index is 4.55. The van der Waals surface area contributed by atoms with Crippen LogP contribution in [0.15, 0.2) is 35.3 Å². The average molecular weight is 425 g/mol. The lowest BCUT2D eigenvalue weighted by atomic mass is 9.94. The van der Waals surface area contributed by atoms with Crippen molar-refractivity contribution in [3.63, 3.8) is 0 Å². The van der Waals surface area contributed by atoms with Gasteiger partial charge in [0.05, 0.1) is 5.69 Å². The van der Waals surface area contributed by atoms with E-state index in [2.05, 4.69) is 84.1 Å². The minimum absolute atomic E-state index is 0.104. The van der Waals surface area contributed by atoms with Gasteiger partial charge in [-0.25, -0.2) is 0 Å². The van der Waals surface area contributed by atoms with Crippen LogP contribution in [0.3, 0.4) is 0 Å². The van der Waals surface area contributed by atoms with E-state index in [9.17, 15) is 0 Å². The molecule has 0 radical (unpaired) electrons. The number of benzene rings is 1. The molecule has 1 aromatic heterocycles. The average Bonchev–Trinajstić information content (AvgIpc) is 3.31.